The van der Waals surface area contributed by atoms with Gasteiger partial charge in [0.05, 0.1) is 11.8 Å². The molecule has 19 heavy (non-hydrogen) atoms. The van der Waals surface area contributed by atoms with Gasteiger partial charge in [-0.15, -0.1) is 0 Å². The minimum atomic E-state index is -0.00815. The second-order valence-electron chi connectivity index (χ2n) is 7.35. The first kappa shape index (κ1) is 10.6. The SMILES string of the molecule is C[C@@H](C1CC1)N1C(=O)[C@@H]2[C@H](C1=O)[C@H]1C=C[C@@H]2C12CC2. The third kappa shape index (κ3) is 1.04. The van der Waals surface area contributed by atoms with E-state index in [1.807, 2.05) is 0 Å². The molecule has 1 spiro atoms. The summed E-state index contributed by atoms with van der Waals surface area (Å²) in [6.45, 7) is 2.07. The highest BCUT2D eigenvalue weighted by Crippen LogP contribution is 2.73. The molecule has 0 N–H and O–H groups in total. The van der Waals surface area contributed by atoms with E-state index < -0.39 is 0 Å². The van der Waals surface area contributed by atoms with Gasteiger partial charge in [-0.25, -0.2) is 0 Å². The average molecular weight is 257 g/mol. The zero-order valence-electron chi connectivity index (χ0n) is 11.2. The number of likely N-dealkylation sites (tertiary alicyclic amines) is 1. The molecular weight excluding hydrogens is 238 g/mol. The second-order valence-corrected chi connectivity index (χ2v) is 7.35. The maximum absolute atomic E-state index is 12.7. The number of hydrogen-bond donors (Lipinski definition) is 0. The van der Waals surface area contributed by atoms with Crippen LogP contribution in [0.1, 0.15) is 32.6 Å². The van der Waals surface area contributed by atoms with Crippen LogP contribution in [-0.2, 0) is 9.59 Å². The number of carbonyl (C=O) groups excluding carboxylic acids is 2. The van der Waals surface area contributed by atoms with Crippen LogP contribution in [0.5, 0.6) is 0 Å². The Kier molecular flexibility index (Phi) is 1.66. The van der Waals surface area contributed by atoms with Crippen LogP contribution in [0.3, 0.4) is 0 Å². The Hall–Kier alpha value is -1.12. The van der Waals surface area contributed by atoms with Crippen LogP contribution in [0, 0.1) is 35.0 Å². The van der Waals surface area contributed by atoms with Gasteiger partial charge in [0.25, 0.3) is 0 Å². The maximum atomic E-state index is 12.7. The molecule has 1 saturated heterocycles. The van der Waals surface area contributed by atoms with Crippen molar-refractivity contribution in [3.05, 3.63) is 12.2 Å². The molecule has 1 aliphatic heterocycles. The van der Waals surface area contributed by atoms with Crippen LogP contribution in [-0.4, -0.2) is 22.8 Å². The van der Waals surface area contributed by atoms with Crippen molar-refractivity contribution in [2.24, 2.45) is 35.0 Å². The molecule has 1 heterocycles. The largest absolute Gasteiger partial charge is 0.279 e. The molecule has 2 amide bonds. The van der Waals surface area contributed by atoms with Gasteiger partial charge in [0.2, 0.25) is 11.8 Å². The van der Waals surface area contributed by atoms with Gasteiger partial charge in [0, 0.05) is 6.04 Å². The van der Waals surface area contributed by atoms with Gasteiger partial charge < -0.3 is 0 Å². The highest BCUT2D eigenvalue weighted by atomic mass is 16.2. The van der Waals surface area contributed by atoms with Gasteiger partial charge in [-0.1, -0.05) is 12.2 Å². The quantitative estimate of drug-likeness (QED) is 0.560. The van der Waals surface area contributed by atoms with Crippen molar-refractivity contribution in [1.82, 2.24) is 4.90 Å². The van der Waals surface area contributed by atoms with E-state index in [0.29, 0.717) is 23.2 Å². The molecule has 100 valence electrons. The highest BCUT2D eigenvalue weighted by Gasteiger charge is 2.73. The van der Waals surface area contributed by atoms with Gasteiger partial charge in [0.15, 0.2) is 0 Å². The third-order valence-corrected chi connectivity index (χ3v) is 6.60. The lowest BCUT2D eigenvalue weighted by Crippen LogP contribution is -2.42. The molecule has 0 aromatic carbocycles. The summed E-state index contributed by atoms with van der Waals surface area (Å²) in [7, 11) is 0. The molecule has 5 aliphatic rings. The van der Waals surface area contributed by atoms with Gasteiger partial charge in [-0.3, -0.25) is 14.5 Å². The first-order valence-electron chi connectivity index (χ1n) is 7.70. The zero-order chi connectivity index (χ0) is 12.9. The van der Waals surface area contributed by atoms with E-state index in [9.17, 15) is 9.59 Å². The Balaban J connectivity index is 1.54. The van der Waals surface area contributed by atoms with Crippen LogP contribution >= 0.6 is 0 Å². The number of imide groups is 1. The normalized spacial score (nSPS) is 46.3. The molecule has 5 rings (SSSR count). The van der Waals surface area contributed by atoms with Crippen LogP contribution in [0.2, 0.25) is 0 Å². The fourth-order valence-electron chi connectivity index (χ4n) is 5.29. The topological polar surface area (TPSA) is 37.4 Å². The summed E-state index contributed by atoms with van der Waals surface area (Å²) in [6.07, 6.45) is 9.30. The standard InChI is InChI=1S/C16H19NO2/c1-8(9-2-3-9)17-14(18)12-10-4-5-11(13(12)15(17)19)16(10)6-7-16/h4-5,8-13H,2-3,6-7H2,1H3/t8-,10-,11+,12-,13+/m0/s1. The van der Waals surface area contributed by atoms with Crippen LogP contribution in [0.25, 0.3) is 0 Å². The molecule has 0 aromatic rings. The number of amides is 2. The van der Waals surface area contributed by atoms with Gasteiger partial charge >= 0.3 is 0 Å². The smallest absolute Gasteiger partial charge is 0.233 e. The minimum absolute atomic E-state index is 0.00815. The number of rotatable bonds is 2. The Morgan fingerprint density at radius 1 is 1.11 bits per heavy atom. The molecule has 3 nitrogen and oxygen atoms in total. The fourth-order valence-corrected chi connectivity index (χ4v) is 5.29. The highest BCUT2D eigenvalue weighted by molar-refractivity contribution is 6.07. The lowest BCUT2D eigenvalue weighted by molar-refractivity contribution is -0.144. The molecule has 0 unspecified atom stereocenters. The monoisotopic (exact) mass is 257 g/mol. The predicted octanol–water partition coefficient (Wildman–Crippen LogP) is 1.98. The van der Waals surface area contributed by atoms with Crippen molar-refractivity contribution in [2.45, 2.75) is 38.6 Å². The van der Waals surface area contributed by atoms with Crippen molar-refractivity contribution in [1.29, 1.82) is 0 Å². The summed E-state index contributed by atoms with van der Waals surface area (Å²) in [5.41, 5.74) is 0.329. The van der Waals surface area contributed by atoms with Crippen molar-refractivity contribution in [3.63, 3.8) is 0 Å². The third-order valence-electron chi connectivity index (χ3n) is 6.60. The first-order chi connectivity index (χ1) is 9.15. The first-order valence-corrected chi connectivity index (χ1v) is 7.70. The summed E-state index contributed by atoms with van der Waals surface area (Å²) in [5.74, 6) is 1.60. The molecule has 3 heteroatoms. The van der Waals surface area contributed by atoms with E-state index in [1.165, 1.54) is 25.7 Å². The molecule has 4 aliphatic carbocycles. The molecule has 0 aromatic heterocycles. The van der Waals surface area contributed by atoms with E-state index in [-0.39, 0.29) is 29.7 Å². The minimum Gasteiger partial charge on any atom is -0.279 e. The van der Waals surface area contributed by atoms with Crippen molar-refractivity contribution in [3.8, 4) is 0 Å². The molecular formula is C16H19NO2. The van der Waals surface area contributed by atoms with E-state index in [2.05, 4.69) is 19.1 Å². The molecule has 4 fully saturated rings. The van der Waals surface area contributed by atoms with Crippen molar-refractivity contribution in [2.75, 3.05) is 0 Å². The lowest BCUT2D eigenvalue weighted by atomic mass is 9.85. The van der Waals surface area contributed by atoms with Crippen molar-refractivity contribution >= 4 is 11.8 Å². The summed E-state index contributed by atoms with van der Waals surface area (Å²) >= 11 is 0. The van der Waals surface area contributed by atoms with E-state index in [1.54, 1.807) is 4.90 Å². The van der Waals surface area contributed by atoms with Crippen LogP contribution in [0.15, 0.2) is 12.2 Å². The summed E-state index contributed by atoms with van der Waals surface area (Å²) in [5, 5.41) is 0. The lowest BCUT2D eigenvalue weighted by Gasteiger charge is -2.26. The molecule has 5 atom stereocenters. The number of carbonyl (C=O) groups is 2. The zero-order valence-corrected chi connectivity index (χ0v) is 11.2. The Bertz CT molecular complexity index is 495. The van der Waals surface area contributed by atoms with Crippen molar-refractivity contribution < 1.29 is 9.59 Å². The van der Waals surface area contributed by atoms with Crippen LogP contribution < -0.4 is 0 Å². The Morgan fingerprint density at radius 3 is 2.05 bits per heavy atom. The number of allylic oxidation sites excluding steroid dienone is 2. The second kappa shape index (κ2) is 2.97. The van der Waals surface area contributed by atoms with Gasteiger partial charge in [-0.05, 0) is 55.8 Å². The van der Waals surface area contributed by atoms with E-state index in [0.717, 1.165) is 0 Å². The number of nitrogens with zero attached hydrogens (tertiary/aromatic N) is 1. The number of fused-ring (bicyclic) bond motifs is 3. The average Bonchev–Trinajstić information content (AvgIpc) is 3.27. The predicted molar refractivity (Wildman–Crippen MR) is 68.8 cm³/mol. The molecule has 3 saturated carbocycles. The maximum Gasteiger partial charge on any atom is 0.233 e. The molecule has 2 bridgehead atoms. The molecule has 0 radical (unpaired) electrons. The Morgan fingerprint density at radius 2 is 1.63 bits per heavy atom. The van der Waals surface area contributed by atoms with Gasteiger partial charge in [-0.2, -0.15) is 0 Å². The Labute approximate surface area is 113 Å². The number of hydrogen-bond acceptors (Lipinski definition) is 2. The van der Waals surface area contributed by atoms with E-state index >= 15 is 0 Å². The van der Waals surface area contributed by atoms with E-state index in [4.69, 9.17) is 0 Å². The van der Waals surface area contributed by atoms with Crippen LogP contribution in [0.4, 0.5) is 0 Å². The summed E-state index contributed by atoms with van der Waals surface area (Å²) in [4.78, 5) is 27.1. The fraction of sp³-hybridized carbons (Fsp3) is 0.750. The summed E-state index contributed by atoms with van der Waals surface area (Å²) < 4.78 is 0. The summed E-state index contributed by atoms with van der Waals surface area (Å²) in [6, 6.07) is 0.139. The van der Waals surface area contributed by atoms with Gasteiger partial charge in [0.1, 0.15) is 0 Å².